The summed E-state index contributed by atoms with van der Waals surface area (Å²) < 4.78 is 24.4. The Balaban J connectivity index is 2.10. The summed E-state index contributed by atoms with van der Waals surface area (Å²) in [5.74, 6) is -0.121. The molecular weight excluding hydrogens is 228 g/mol. The molecule has 4 heteroatoms. The van der Waals surface area contributed by atoms with E-state index in [1.54, 1.807) is 0 Å². The minimum atomic E-state index is -2.24. The highest BCUT2D eigenvalue weighted by molar-refractivity contribution is 7.99. The molecule has 1 nitrogen and oxygen atoms in total. The Bertz CT molecular complexity index is 338. The fourth-order valence-corrected chi connectivity index (χ4v) is 2.86. The molecule has 1 aliphatic rings. The SMILES string of the molecule is FC(F)CSc1ccccc1C1CCCN1. The standard InChI is InChI=1S/C12H15F2NS/c13-12(14)8-16-11-6-2-1-4-9(11)10-5-3-7-15-10/h1-2,4,6,10,12,15H,3,5,7-8H2. The van der Waals surface area contributed by atoms with Gasteiger partial charge in [-0.1, -0.05) is 18.2 Å². The first-order valence-corrected chi connectivity index (χ1v) is 6.49. The molecule has 0 bridgehead atoms. The third kappa shape index (κ3) is 2.95. The minimum absolute atomic E-state index is 0.121. The molecule has 1 N–H and O–H groups in total. The summed E-state index contributed by atoms with van der Waals surface area (Å²) in [5.41, 5.74) is 1.17. The molecule has 1 aromatic carbocycles. The van der Waals surface area contributed by atoms with Crippen molar-refractivity contribution in [2.24, 2.45) is 0 Å². The van der Waals surface area contributed by atoms with Crippen molar-refractivity contribution in [2.45, 2.75) is 30.2 Å². The van der Waals surface area contributed by atoms with Crippen LogP contribution < -0.4 is 5.32 Å². The predicted octanol–water partition coefficient (Wildman–Crippen LogP) is 3.47. The van der Waals surface area contributed by atoms with Crippen LogP contribution in [0.25, 0.3) is 0 Å². The number of benzene rings is 1. The molecule has 1 aliphatic heterocycles. The second kappa shape index (κ2) is 5.64. The Morgan fingerprint density at radius 1 is 1.38 bits per heavy atom. The van der Waals surface area contributed by atoms with Gasteiger partial charge in [0.15, 0.2) is 0 Å². The van der Waals surface area contributed by atoms with Gasteiger partial charge in [0.25, 0.3) is 0 Å². The van der Waals surface area contributed by atoms with Crippen molar-refractivity contribution in [1.82, 2.24) is 5.32 Å². The van der Waals surface area contributed by atoms with Crippen molar-refractivity contribution in [1.29, 1.82) is 0 Å². The molecule has 1 heterocycles. The van der Waals surface area contributed by atoms with Gasteiger partial charge in [0.2, 0.25) is 6.43 Å². The fraction of sp³-hybridized carbons (Fsp3) is 0.500. The van der Waals surface area contributed by atoms with Crippen LogP contribution in [0, 0.1) is 0 Å². The predicted molar refractivity (Wildman–Crippen MR) is 63.1 cm³/mol. The maximum atomic E-state index is 12.2. The summed E-state index contributed by atoms with van der Waals surface area (Å²) in [5, 5.41) is 3.40. The Morgan fingerprint density at radius 3 is 2.88 bits per heavy atom. The summed E-state index contributed by atoms with van der Waals surface area (Å²) in [6.45, 7) is 1.03. The summed E-state index contributed by atoms with van der Waals surface area (Å²) in [7, 11) is 0. The van der Waals surface area contributed by atoms with Gasteiger partial charge in [0, 0.05) is 10.9 Å². The molecule has 2 rings (SSSR count). The molecule has 1 unspecified atom stereocenters. The fourth-order valence-electron chi connectivity index (χ4n) is 2.00. The highest BCUT2D eigenvalue weighted by Crippen LogP contribution is 2.32. The molecule has 0 saturated carbocycles. The smallest absolute Gasteiger partial charge is 0.247 e. The first-order valence-electron chi connectivity index (χ1n) is 5.50. The zero-order valence-electron chi connectivity index (χ0n) is 8.96. The second-order valence-electron chi connectivity index (χ2n) is 3.89. The first-order chi connectivity index (χ1) is 7.77. The number of halogens is 2. The van der Waals surface area contributed by atoms with E-state index in [-0.39, 0.29) is 5.75 Å². The van der Waals surface area contributed by atoms with Gasteiger partial charge < -0.3 is 5.32 Å². The average molecular weight is 243 g/mol. The van der Waals surface area contributed by atoms with E-state index in [4.69, 9.17) is 0 Å². The van der Waals surface area contributed by atoms with Gasteiger partial charge in [-0.2, -0.15) is 0 Å². The van der Waals surface area contributed by atoms with Gasteiger partial charge in [0.05, 0.1) is 5.75 Å². The molecule has 1 atom stereocenters. The Labute approximate surface area is 98.6 Å². The normalized spacial score (nSPS) is 20.6. The van der Waals surface area contributed by atoms with Crippen LogP contribution in [0.1, 0.15) is 24.4 Å². The zero-order valence-corrected chi connectivity index (χ0v) is 9.77. The van der Waals surface area contributed by atoms with Crippen molar-refractivity contribution in [3.63, 3.8) is 0 Å². The van der Waals surface area contributed by atoms with Crippen LogP contribution in [0.5, 0.6) is 0 Å². The van der Waals surface area contributed by atoms with E-state index in [9.17, 15) is 8.78 Å². The van der Waals surface area contributed by atoms with Crippen LogP contribution >= 0.6 is 11.8 Å². The van der Waals surface area contributed by atoms with Gasteiger partial charge in [-0.3, -0.25) is 0 Å². The van der Waals surface area contributed by atoms with E-state index < -0.39 is 6.43 Å². The largest absolute Gasteiger partial charge is 0.310 e. The topological polar surface area (TPSA) is 12.0 Å². The summed E-state index contributed by atoms with van der Waals surface area (Å²) >= 11 is 1.25. The molecule has 0 aliphatic carbocycles. The van der Waals surface area contributed by atoms with Crippen LogP contribution in [-0.4, -0.2) is 18.7 Å². The molecule has 0 spiro atoms. The molecule has 16 heavy (non-hydrogen) atoms. The second-order valence-corrected chi connectivity index (χ2v) is 4.95. The van der Waals surface area contributed by atoms with E-state index in [2.05, 4.69) is 5.32 Å². The Kier molecular flexibility index (Phi) is 4.18. The molecule has 0 amide bonds. The maximum Gasteiger partial charge on any atom is 0.247 e. The van der Waals surface area contributed by atoms with Crippen molar-refractivity contribution < 1.29 is 8.78 Å². The lowest BCUT2D eigenvalue weighted by Crippen LogP contribution is -2.13. The van der Waals surface area contributed by atoms with Gasteiger partial charge in [-0.25, -0.2) is 8.78 Å². The highest BCUT2D eigenvalue weighted by Gasteiger charge is 2.19. The number of hydrogen-bond acceptors (Lipinski definition) is 2. The number of nitrogens with one attached hydrogen (secondary N) is 1. The maximum absolute atomic E-state index is 12.2. The lowest BCUT2D eigenvalue weighted by molar-refractivity contribution is 0.177. The molecule has 0 radical (unpaired) electrons. The molecule has 1 aromatic rings. The first kappa shape index (κ1) is 11.9. The van der Waals surface area contributed by atoms with Gasteiger partial charge in [0.1, 0.15) is 0 Å². The van der Waals surface area contributed by atoms with Crippen LogP contribution in [0.4, 0.5) is 8.78 Å². The molecule has 88 valence electrons. The van der Waals surface area contributed by atoms with Gasteiger partial charge >= 0.3 is 0 Å². The van der Waals surface area contributed by atoms with Gasteiger partial charge in [-0.15, -0.1) is 11.8 Å². The Morgan fingerprint density at radius 2 is 2.19 bits per heavy atom. The average Bonchev–Trinajstić information content (AvgIpc) is 2.80. The summed E-state index contributed by atoms with van der Waals surface area (Å²) in [6, 6.07) is 8.20. The van der Waals surface area contributed by atoms with Crippen LogP contribution in [0.2, 0.25) is 0 Å². The molecular formula is C12H15F2NS. The van der Waals surface area contributed by atoms with E-state index >= 15 is 0 Å². The third-order valence-electron chi connectivity index (χ3n) is 2.72. The Hall–Kier alpha value is -0.610. The molecule has 1 fully saturated rings. The monoisotopic (exact) mass is 243 g/mol. The number of rotatable bonds is 4. The van der Waals surface area contributed by atoms with Crippen LogP contribution in [-0.2, 0) is 0 Å². The lowest BCUT2D eigenvalue weighted by Gasteiger charge is -2.15. The number of thioether (sulfide) groups is 1. The third-order valence-corrected chi connectivity index (χ3v) is 3.82. The zero-order chi connectivity index (χ0) is 11.4. The van der Waals surface area contributed by atoms with E-state index in [1.807, 2.05) is 24.3 Å². The van der Waals surface area contributed by atoms with Crippen LogP contribution in [0.3, 0.4) is 0 Å². The number of hydrogen-bond donors (Lipinski definition) is 1. The minimum Gasteiger partial charge on any atom is -0.310 e. The number of alkyl halides is 2. The summed E-state index contributed by atoms with van der Waals surface area (Å²) in [6.07, 6.45) is 0.0275. The highest BCUT2D eigenvalue weighted by atomic mass is 32.2. The van der Waals surface area contributed by atoms with Crippen molar-refractivity contribution in [3.8, 4) is 0 Å². The molecule has 0 aromatic heterocycles. The lowest BCUT2D eigenvalue weighted by atomic mass is 10.1. The van der Waals surface area contributed by atoms with E-state index in [1.165, 1.54) is 23.7 Å². The van der Waals surface area contributed by atoms with Gasteiger partial charge in [-0.05, 0) is 31.0 Å². The molecule has 1 saturated heterocycles. The quantitative estimate of drug-likeness (QED) is 0.813. The van der Waals surface area contributed by atoms with Crippen LogP contribution in [0.15, 0.2) is 29.2 Å². The van der Waals surface area contributed by atoms with Crippen molar-refractivity contribution >= 4 is 11.8 Å². The summed E-state index contributed by atoms with van der Waals surface area (Å²) in [4.78, 5) is 0.988. The van der Waals surface area contributed by atoms with Crippen molar-refractivity contribution in [3.05, 3.63) is 29.8 Å². The van der Waals surface area contributed by atoms with Crippen molar-refractivity contribution in [2.75, 3.05) is 12.3 Å². The van der Waals surface area contributed by atoms with E-state index in [0.29, 0.717) is 6.04 Å². The van der Waals surface area contributed by atoms with E-state index in [0.717, 1.165) is 17.9 Å².